The van der Waals surface area contributed by atoms with Crippen LogP contribution in [0.4, 0.5) is 19.0 Å². The van der Waals surface area contributed by atoms with Crippen molar-refractivity contribution >= 4 is 17.4 Å². The van der Waals surface area contributed by atoms with Gasteiger partial charge in [0.1, 0.15) is 11.0 Å². The van der Waals surface area contributed by atoms with Crippen LogP contribution in [0.1, 0.15) is 24.8 Å². The highest BCUT2D eigenvalue weighted by molar-refractivity contribution is 6.29. The number of pyridine rings is 1. The van der Waals surface area contributed by atoms with E-state index in [1.165, 1.54) is 0 Å². The number of likely N-dealkylation sites (tertiary alicyclic amines) is 1. The van der Waals surface area contributed by atoms with Crippen molar-refractivity contribution in [3.8, 4) is 0 Å². The van der Waals surface area contributed by atoms with Crippen molar-refractivity contribution < 1.29 is 13.2 Å². The topological polar surface area (TPSA) is 28.2 Å². The third kappa shape index (κ3) is 5.04. The highest BCUT2D eigenvalue weighted by Gasteiger charge is 2.31. The highest BCUT2D eigenvalue weighted by atomic mass is 35.5. The minimum absolute atomic E-state index is 0.147. The summed E-state index contributed by atoms with van der Waals surface area (Å²) in [5.41, 5.74) is -0.774. The molecule has 1 fully saturated rings. The van der Waals surface area contributed by atoms with Crippen molar-refractivity contribution in [2.24, 2.45) is 5.92 Å². The van der Waals surface area contributed by atoms with Crippen LogP contribution in [0.15, 0.2) is 12.1 Å². The molecule has 118 valence electrons. The van der Waals surface area contributed by atoms with E-state index in [4.69, 9.17) is 11.6 Å². The maximum absolute atomic E-state index is 12.7. The Kier molecular flexibility index (Phi) is 5.32. The maximum Gasteiger partial charge on any atom is 0.416 e. The van der Waals surface area contributed by atoms with E-state index in [1.54, 1.807) is 0 Å². The summed E-state index contributed by atoms with van der Waals surface area (Å²) in [6.45, 7) is 2.77. The smallest absolute Gasteiger partial charge is 0.370 e. The zero-order chi connectivity index (χ0) is 15.5. The van der Waals surface area contributed by atoms with Crippen LogP contribution in [-0.2, 0) is 6.18 Å². The van der Waals surface area contributed by atoms with Crippen LogP contribution in [0.25, 0.3) is 0 Å². The number of piperidine rings is 1. The fourth-order valence-electron chi connectivity index (χ4n) is 2.51. The van der Waals surface area contributed by atoms with Gasteiger partial charge in [0.15, 0.2) is 0 Å². The second kappa shape index (κ2) is 6.83. The van der Waals surface area contributed by atoms with Crippen LogP contribution in [0.3, 0.4) is 0 Å². The van der Waals surface area contributed by atoms with Gasteiger partial charge in [0.2, 0.25) is 0 Å². The fourth-order valence-corrected chi connectivity index (χ4v) is 2.71. The molecular weight excluding hydrogens is 303 g/mol. The Hall–Kier alpha value is -1.01. The third-order valence-corrected chi connectivity index (χ3v) is 4.01. The highest BCUT2D eigenvalue weighted by Crippen LogP contribution is 2.32. The minimum Gasteiger partial charge on any atom is -0.370 e. The van der Waals surface area contributed by atoms with Crippen LogP contribution >= 0.6 is 11.6 Å². The van der Waals surface area contributed by atoms with Gasteiger partial charge in [-0.25, -0.2) is 4.98 Å². The second-order valence-electron chi connectivity index (χ2n) is 5.52. The Balaban J connectivity index is 1.87. The molecule has 0 aromatic carbocycles. The summed E-state index contributed by atoms with van der Waals surface area (Å²) in [7, 11) is 2.10. The molecule has 2 heterocycles. The van der Waals surface area contributed by atoms with Crippen molar-refractivity contribution in [2.75, 3.05) is 32.0 Å². The third-order valence-electron chi connectivity index (χ3n) is 3.82. The number of aromatic nitrogens is 1. The van der Waals surface area contributed by atoms with Gasteiger partial charge < -0.3 is 10.2 Å². The first-order valence-corrected chi connectivity index (χ1v) is 7.39. The lowest BCUT2D eigenvalue weighted by atomic mass is 9.94. The molecule has 0 saturated carbocycles. The van der Waals surface area contributed by atoms with E-state index in [-0.39, 0.29) is 11.0 Å². The Morgan fingerprint density at radius 2 is 2.00 bits per heavy atom. The molecule has 0 bridgehead atoms. The second-order valence-corrected chi connectivity index (χ2v) is 5.91. The van der Waals surface area contributed by atoms with Gasteiger partial charge in [0.05, 0.1) is 5.56 Å². The summed E-state index contributed by atoms with van der Waals surface area (Å²) >= 11 is 5.64. The van der Waals surface area contributed by atoms with Gasteiger partial charge in [0.25, 0.3) is 0 Å². The molecule has 1 aliphatic rings. The first kappa shape index (κ1) is 16.4. The molecule has 1 aromatic rings. The number of hydrogen-bond donors (Lipinski definition) is 1. The molecule has 1 aliphatic heterocycles. The molecule has 0 spiro atoms. The summed E-state index contributed by atoms with van der Waals surface area (Å²) in [5, 5.41) is 2.80. The molecule has 0 aliphatic carbocycles. The van der Waals surface area contributed by atoms with Gasteiger partial charge in [-0.15, -0.1) is 0 Å². The standard InChI is InChI=1S/C14H19ClF3N3/c1-21-6-3-10(4-7-21)2-5-19-13-9-11(14(16,17)18)8-12(15)20-13/h8-10H,2-7H2,1H3,(H,19,20). The molecule has 0 atom stereocenters. The number of halogens is 4. The molecule has 1 aromatic heterocycles. The SMILES string of the molecule is CN1CCC(CCNc2cc(C(F)(F)F)cc(Cl)n2)CC1. The zero-order valence-corrected chi connectivity index (χ0v) is 12.6. The summed E-state index contributed by atoms with van der Waals surface area (Å²) < 4.78 is 38.0. The molecule has 1 N–H and O–H groups in total. The van der Waals surface area contributed by atoms with Gasteiger partial charge in [-0.05, 0) is 57.5 Å². The van der Waals surface area contributed by atoms with Crippen LogP contribution in [0.5, 0.6) is 0 Å². The van der Waals surface area contributed by atoms with E-state index in [2.05, 4.69) is 22.2 Å². The van der Waals surface area contributed by atoms with Crippen LogP contribution in [-0.4, -0.2) is 36.6 Å². The average molecular weight is 322 g/mol. The summed E-state index contributed by atoms with van der Waals surface area (Å²) in [6.07, 6.45) is -1.20. The maximum atomic E-state index is 12.7. The molecule has 2 rings (SSSR count). The van der Waals surface area contributed by atoms with E-state index in [9.17, 15) is 13.2 Å². The largest absolute Gasteiger partial charge is 0.416 e. The van der Waals surface area contributed by atoms with E-state index in [1.807, 2.05) is 0 Å². The molecule has 7 heteroatoms. The number of hydrogen-bond acceptors (Lipinski definition) is 3. The van der Waals surface area contributed by atoms with Gasteiger partial charge in [-0.3, -0.25) is 0 Å². The van der Waals surface area contributed by atoms with E-state index in [0.29, 0.717) is 12.5 Å². The van der Waals surface area contributed by atoms with Crippen LogP contribution in [0, 0.1) is 5.92 Å². The summed E-state index contributed by atoms with van der Waals surface area (Å²) in [5.74, 6) is 0.803. The monoisotopic (exact) mass is 321 g/mol. The van der Waals surface area contributed by atoms with Crippen molar-refractivity contribution in [1.29, 1.82) is 0 Å². The normalized spacial score (nSPS) is 18.0. The predicted molar refractivity (Wildman–Crippen MR) is 77.6 cm³/mol. The lowest BCUT2D eigenvalue weighted by Gasteiger charge is -2.28. The van der Waals surface area contributed by atoms with Gasteiger partial charge >= 0.3 is 6.18 Å². The Labute approximate surface area is 127 Å². The molecule has 0 amide bonds. The fraction of sp³-hybridized carbons (Fsp3) is 0.643. The molecule has 21 heavy (non-hydrogen) atoms. The van der Waals surface area contributed by atoms with Crippen molar-refractivity contribution in [2.45, 2.75) is 25.4 Å². The predicted octanol–water partition coefficient (Wildman–Crippen LogP) is 3.90. The Morgan fingerprint density at radius 3 is 2.62 bits per heavy atom. The lowest BCUT2D eigenvalue weighted by Crippen LogP contribution is -2.30. The zero-order valence-electron chi connectivity index (χ0n) is 11.9. The molecular formula is C14H19ClF3N3. The summed E-state index contributed by atoms with van der Waals surface area (Å²) in [6, 6.07) is 1.84. The van der Waals surface area contributed by atoms with Gasteiger partial charge in [-0.2, -0.15) is 13.2 Å². The number of nitrogens with one attached hydrogen (secondary N) is 1. The summed E-state index contributed by atoms with van der Waals surface area (Å²) in [4.78, 5) is 6.18. The van der Waals surface area contributed by atoms with E-state index >= 15 is 0 Å². The number of anilines is 1. The number of nitrogens with zero attached hydrogens (tertiary/aromatic N) is 2. The molecule has 3 nitrogen and oxygen atoms in total. The first-order valence-electron chi connectivity index (χ1n) is 7.02. The van der Waals surface area contributed by atoms with Crippen LogP contribution < -0.4 is 5.32 Å². The van der Waals surface area contributed by atoms with Crippen molar-refractivity contribution in [3.05, 3.63) is 22.8 Å². The minimum atomic E-state index is -4.41. The average Bonchev–Trinajstić information content (AvgIpc) is 2.39. The lowest BCUT2D eigenvalue weighted by molar-refractivity contribution is -0.137. The number of alkyl halides is 3. The first-order chi connectivity index (χ1) is 9.84. The Bertz CT molecular complexity index is 471. The molecule has 0 unspecified atom stereocenters. The van der Waals surface area contributed by atoms with E-state index in [0.717, 1.165) is 44.5 Å². The quantitative estimate of drug-likeness (QED) is 0.853. The number of rotatable bonds is 4. The van der Waals surface area contributed by atoms with Crippen LogP contribution in [0.2, 0.25) is 5.15 Å². The van der Waals surface area contributed by atoms with Gasteiger partial charge in [-0.1, -0.05) is 11.6 Å². The van der Waals surface area contributed by atoms with Crippen molar-refractivity contribution in [1.82, 2.24) is 9.88 Å². The molecule has 0 radical (unpaired) electrons. The molecule has 1 saturated heterocycles. The Morgan fingerprint density at radius 1 is 1.33 bits per heavy atom. The van der Waals surface area contributed by atoms with Gasteiger partial charge in [0, 0.05) is 6.54 Å². The van der Waals surface area contributed by atoms with Crippen molar-refractivity contribution in [3.63, 3.8) is 0 Å². The van der Waals surface area contributed by atoms with E-state index < -0.39 is 11.7 Å².